The summed E-state index contributed by atoms with van der Waals surface area (Å²) in [5.41, 5.74) is 2.86. The molecule has 1 aliphatic rings. The molecule has 3 rings (SSSR count). The van der Waals surface area contributed by atoms with Crippen molar-refractivity contribution in [2.45, 2.75) is 27.4 Å². The van der Waals surface area contributed by atoms with Gasteiger partial charge in [-0.3, -0.25) is 9.59 Å². The number of amidine groups is 1. The smallest absolute Gasteiger partial charge is 0.286 e. The number of halogens is 1. The van der Waals surface area contributed by atoms with E-state index in [0.29, 0.717) is 40.2 Å². The Labute approximate surface area is 184 Å². The van der Waals surface area contributed by atoms with Crippen molar-refractivity contribution in [1.29, 1.82) is 0 Å². The van der Waals surface area contributed by atoms with E-state index in [-0.39, 0.29) is 11.1 Å². The summed E-state index contributed by atoms with van der Waals surface area (Å²) in [7, 11) is 0. The number of thioether (sulfide) groups is 1. The lowest BCUT2D eigenvalue weighted by atomic mass is 10.1. The van der Waals surface area contributed by atoms with Crippen LogP contribution in [0.1, 0.15) is 30.5 Å². The van der Waals surface area contributed by atoms with Crippen LogP contribution in [0.2, 0.25) is 5.02 Å². The molecule has 2 aromatic rings. The van der Waals surface area contributed by atoms with Gasteiger partial charge in [0.15, 0.2) is 16.7 Å². The number of benzene rings is 2. The van der Waals surface area contributed by atoms with Gasteiger partial charge in [-0.25, -0.2) is 0 Å². The zero-order valence-corrected chi connectivity index (χ0v) is 18.4. The summed E-state index contributed by atoms with van der Waals surface area (Å²) >= 11 is 7.56. The number of amides is 2. The van der Waals surface area contributed by atoms with Gasteiger partial charge in [-0.05, 0) is 54.9 Å². The Morgan fingerprint density at radius 3 is 2.63 bits per heavy atom. The van der Waals surface area contributed by atoms with Gasteiger partial charge in [-0.1, -0.05) is 41.4 Å². The van der Waals surface area contributed by atoms with E-state index in [1.165, 1.54) is 12.5 Å². The summed E-state index contributed by atoms with van der Waals surface area (Å²) in [6, 6.07) is 11.5. The first-order valence-electron chi connectivity index (χ1n) is 9.30. The molecule has 2 aromatic carbocycles. The fourth-order valence-corrected chi connectivity index (χ4v) is 3.81. The molecule has 0 bridgehead atoms. The quantitative estimate of drug-likeness (QED) is 0.651. The van der Waals surface area contributed by atoms with Crippen molar-refractivity contribution < 1.29 is 19.1 Å². The molecule has 0 unspecified atom stereocenters. The SMILES string of the molecule is CCOc1cc(/C=C2/SC(NC(C)=O)=NC2=O)cc(Cl)c1OCc1ccc(C)cc1. The van der Waals surface area contributed by atoms with Crippen molar-refractivity contribution in [3.63, 3.8) is 0 Å². The molecule has 2 amide bonds. The summed E-state index contributed by atoms with van der Waals surface area (Å²) in [5, 5.41) is 3.15. The van der Waals surface area contributed by atoms with Crippen LogP contribution in [-0.4, -0.2) is 23.6 Å². The van der Waals surface area contributed by atoms with Crippen LogP contribution in [0.15, 0.2) is 46.3 Å². The van der Waals surface area contributed by atoms with E-state index < -0.39 is 5.91 Å². The largest absolute Gasteiger partial charge is 0.490 e. The second kappa shape index (κ2) is 9.82. The molecule has 1 heterocycles. The molecule has 6 nitrogen and oxygen atoms in total. The minimum atomic E-state index is -0.419. The Hall–Kier alpha value is -2.77. The predicted octanol–water partition coefficient (Wildman–Crippen LogP) is 4.73. The van der Waals surface area contributed by atoms with Crippen molar-refractivity contribution >= 4 is 46.4 Å². The topological polar surface area (TPSA) is 77.0 Å². The van der Waals surface area contributed by atoms with Crippen LogP contribution < -0.4 is 14.8 Å². The zero-order chi connectivity index (χ0) is 21.7. The zero-order valence-electron chi connectivity index (χ0n) is 16.8. The Balaban J connectivity index is 1.81. The molecule has 0 saturated carbocycles. The summed E-state index contributed by atoms with van der Waals surface area (Å²) in [6.45, 7) is 6.04. The number of carbonyl (C=O) groups is 2. The van der Waals surface area contributed by atoms with Crippen LogP contribution >= 0.6 is 23.4 Å². The Kier molecular flexibility index (Phi) is 7.18. The van der Waals surface area contributed by atoms with E-state index in [2.05, 4.69) is 10.3 Å². The van der Waals surface area contributed by atoms with E-state index in [9.17, 15) is 9.59 Å². The van der Waals surface area contributed by atoms with Crippen molar-refractivity contribution in [3.05, 3.63) is 63.0 Å². The van der Waals surface area contributed by atoms with Crippen LogP contribution in [-0.2, 0) is 16.2 Å². The van der Waals surface area contributed by atoms with Gasteiger partial charge in [0.25, 0.3) is 5.91 Å². The number of ether oxygens (including phenoxy) is 2. The molecule has 0 atom stereocenters. The molecule has 1 N–H and O–H groups in total. The molecule has 156 valence electrons. The molecule has 0 aliphatic carbocycles. The molecular weight excluding hydrogens is 424 g/mol. The molecular formula is C22H21ClN2O4S. The average molecular weight is 445 g/mol. The van der Waals surface area contributed by atoms with Crippen molar-refractivity contribution in [1.82, 2.24) is 5.32 Å². The number of aliphatic imine (C=N–C) groups is 1. The monoisotopic (exact) mass is 444 g/mol. The van der Waals surface area contributed by atoms with Gasteiger partial charge in [0.1, 0.15) is 6.61 Å². The van der Waals surface area contributed by atoms with Crippen LogP contribution in [0.5, 0.6) is 11.5 Å². The van der Waals surface area contributed by atoms with Crippen LogP contribution in [0, 0.1) is 6.92 Å². The third kappa shape index (κ3) is 5.64. The minimum absolute atomic E-state index is 0.257. The van der Waals surface area contributed by atoms with E-state index >= 15 is 0 Å². The number of nitrogens with one attached hydrogen (secondary N) is 1. The standard InChI is InChI=1S/C22H21ClN2O4S/c1-4-28-18-10-16(11-19-21(27)25-22(30-19)24-14(3)26)9-17(23)20(18)29-12-15-7-5-13(2)6-8-15/h5-11H,4,12H2,1-3H3,(H,24,25,26,27)/b19-11+. The highest BCUT2D eigenvalue weighted by Crippen LogP contribution is 2.39. The van der Waals surface area contributed by atoms with E-state index in [1.807, 2.05) is 38.1 Å². The van der Waals surface area contributed by atoms with E-state index in [4.69, 9.17) is 21.1 Å². The lowest BCUT2D eigenvalue weighted by Crippen LogP contribution is -2.23. The average Bonchev–Trinajstić information content (AvgIpc) is 3.01. The fourth-order valence-electron chi connectivity index (χ4n) is 2.68. The first-order chi connectivity index (χ1) is 14.4. The number of aryl methyl sites for hydroxylation is 1. The summed E-state index contributed by atoms with van der Waals surface area (Å²) in [5.74, 6) is 0.230. The van der Waals surface area contributed by atoms with Crippen molar-refractivity contribution in [2.24, 2.45) is 4.99 Å². The van der Waals surface area contributed by atoms with Gasteiger partial charge in [0.2, 0.25) is 5.91 Å². The Bertz CT molecular complexity index is 1030. The molecule has 0 fully saturated rings. The van der Waals surface area contributed by atoms with Gasteiger partial charge in [-0.15, -0.1) is 0 Å². The fraction of sp³-hybridized carbons (Fsp3) is 0.227. The van der Waals surface area contributed by atoms with Crippen LogP contribution in [0.25, 0.3) is 6.08 Å². The number of rotatable bonds is 6. The molecule has 0 aromatic heterocycles. The number of carbonyl (C=O) groups excluding carboxylic acids is 2. The normalized spacial score (nSPS) is 14.6. The highest BCUT2D eigenvalue weighted by Gasteiger charge is 2.23. The molecule has 0 radical (unpaired) electrons. The second-order valence-corrected chi connectivity index (χ2v) is 7.99. The van der Waals surface area contributed by atoms with Gasteiger partial charge in [-0.2, -0.15) is 4.99 Å². The van der Waals surface area contributed by atoms with Crippen molar-refractivity contribution in [3.8, 4) is 11.5 Å². The third-order valence-corrected chi connectivity index (χ3v) is 5.22. The molecule has 30 heavy (non-hydrogen) atoms. The maximum atomic E-state index is 12.1. The third-order valence-electron chi connectivity index (χ3n) is 4.04. The Morgan fingerprint density at radius 1 is 1.23 bits per heavy atom. The van der Waals surface area contributed by atoms with Crippen molar-refractivity contribution in [2.75, 3.05) is 6.61 Å². The lowest BCUT2D eigenvalue weighted by molar-refractivity contribution is -0.117. The summed E-state index contributed by atoms with van der Waals surface area (Å²) in [6.07, 6.45) is 1.66. The maximum absolute atomic E-state index is 12.1. The predicted molar refractivity (Wildman–Crippen MR) is 120 cm³/mol. The van der Waals surface area contributed by atoms with Gasteiger partial charge < -0.3 is 14.8 Å². The van der Waals surface area contributed by atoms with Gasteiger partial charge in [0.05, 0.1) is 16.5 Å². The summed E-state index contributed by atoms with van der Waals surface area (Å²) < 4.78 is 11.6. The molecule has 8 heteroatoms. The molecule has 0 saturated heterocycles. The van der Waals surface area contributed by atoms with E-state index in [0.717, 1.165) is 17.3 Å². The highest BCUT2D eigenvalue weighted by atomic mass is 35.5. The molecule has 1 aliphatic heterocycles. The highest BCUT2D eigenvalue weighted by molar-refractivity contribution is 8.18. The molecule has 0 spiro atoms. The lowest BCUT2D eigenvalue weighted by Gasteiger charge is -2.15. The van der Waals surface area contributed by atoms with Crippen LogP contribution in [0.3, 0.4) is 0 Å². The first-order valence-corrected chi connectivity index (χ1v) is 10.5. The minimum Gasteiger partial charge on any atom is -0.490 e. The second-order valence-electron chi connectivity index (χ2n) is 6.55. The number of hydrogen-bond donors (Lipinski definition) is 1. The van der Waals surface area contributed by atoms with Crippen LogP contribution in [0.4, 0.5) is 0 Å². The van der Waals surface area contributed by atoms with Gasteiger partial charge in [0, 0.05) is 6.92 Å². The number of nitrogens with zero attached hydrogens (tertiary/aromatic N) is 1. The van der Waals surface area contributed by atoms with Gasteiger partial charge >= 0.3 is 0 Å². The maximum Gasteiger partial charge on any atom is 0.286 e. The van der Waals surface area contributed by atoms with E-state index in [1.54, 1.807) is 18.2 Å². The first kappa shape index (κ1) is 21.9. The summed E-state index contributed by atoms with van der Waals surface area (Å²) in [4.78, 5) is 27.5. The number of hydrogen-bond acceptors (Lipinski definition) is 5. The Morgan fingerprint density at radius 2 is 1.97 bits per heavy atom.